The summed E-state index contributed by atoms with van der Waals surface area (Å²) in [5.74, 6) is 0.456. The normalized spacial score (nSPS) is 17.3. The molecular weight excluding hydrogens is 544 g/mol. The third-order valence-electron chi connectivity index (χ3n) is 7.58. The molecule has 3 aromatic heterocycles. The number of benzene rings is 2. The van der Waals surface area contributed by atoms with E-state index < -0.39 is 0 Å². The molecule has 0 saturated carbocycles. The maximum atomic E-state index is 13.0. The minimum absolute atomic E-state index is 0.224. The van der Waals surface area contributed by atoms with Gasteiger partial charge < -0.3 is 24.8 Å². The second kappa shape index (κ2) is 12.3. The second-order valence-electron chi connectivity index (χ2n) is 11.3. The summed E-state index contributed by atoms with van der Waals surface area (Å²) in [5.41, 5.74) is 4.87. The average Bonchev–Trinajstić information content (AvgIpc) is 3.62. The van der Waals surface area contributed by atoms with Crippen molar-refractivity contribution in [1.82, 2.24) is 24.6 Å². The Morgan fingerprint density at radius 2 is 1.88 bits per heavy atom. The fourth-order valence-corrected chi connectivity index (χ4v) is 5.51. The first kappa shape index (κ1) is 28.4. The van der Waals surface area contributed by atoms with Gasteiger partial charge in [0.25, 0.3) is 11.5 Å². The molecule has 10 nitrogen and oxygen atoms in total. The number of fused-ring (bicyclic) bond motifs is 1. The third kappa shape index (κ3) is 6.87. The minimum atomic E-state index is -0.312. The van der Waals surface area contributed by atoms with Crippen LogP contribution in [0.15, 0.2) is 78.0 Å². The van der Waals surface area contributed by atoms with Crippen LogP contribution >= 0.6 is 0 Å². The van der Waals surface area contributed by atoms with Crippen molar-refractivity contribution < 1.29 is 14.3 Å². The fourth-order valence-electron chi connectivity index (χ4n) is 5.51. The first-order chi connectivity index (χ1) is 20.8. The highest BCUT2D eigenvalue weighted by Gasteiger charge is 2.21. The Bertz CT molecular complexity index is 1780. The minimum Gasteiger partial charge on any atom is -0.492 e. The zero-order chi connectivity index (χ0) is 29.9. The lowest BCUT2D eigenvalue weighted by atomic mass is 10.1. The smallest absolute Gasteiger partial charge is 0.258 e. The van der Waals surface area contributed by atoms with E-state index in [9.17, 15) is 9.59 Å². The summed E-state index contributed by atoms with van der Waals surface area (Å²) < 4.78 is 13.6. The van der Waals surface area contributed by atoms with E-state index >= 15 is 0 Å². The molecule has 2 atom stereocenters. The molecule has 0 bridgehead atoms. The number of hydrogen-bond donors (Lipinski definition) is 3. The van der Waals surface area contributed by atoms with Gasteiger partial charge in [-0.25, -0.2) is 0 Å². The number of rotatable bonds is 9. The molecule has 0 aliphatic carbocycles. The lowest BCUT2D eigenvalue weighted by Crippen LogP contribution is -2.46. The summed E-state index contributed by atoms with van der Waals surface area (Å²) in [7, 11) is 0. The Morgan fingerprint density at radius 3 is 2.67 bits per heavy atom. The van der Waals surface area contributed by atoms with E-state index in [-0.39, 0.29) is 23.7 Å². The second-order valence-corrected chi connectivity index (χ2v) is 11.3. The van der Waals surface area contributed by atoms with Crippen molar-refractivity contribution in [3.63, 3.8) is 0 Å². The van der Waals surface area contributed by atoms with E-state index in [4.69, 9.17) is 9.47 Å². The molecule has 3 N–H and O–H groups in total. The van der Waals surface area contributed by atoms with Gasteiger partial charge in [0.15, 0.2) is 0 Å². The number of hydrogen-bond acceptors (Lipinski definition) is 6. The predicted molar refractivity (Wildman–Crippen MR) is 167 cm³/mol. The number of aromatic amines is 2. The maximum absolute atomic E-state index is 13.0. The summed E-state index contributed by atoms with van der Waals surface area (Å²) in [6, 6.07) is 17.6. The van der Waals surface area contributed by atoms with Crippen LogP contribution in [-0.2, 0) is 11.3 Å². The lowest BCUT2D eigenvalue weighted by molar-refractivity contribution is -0.0699. The molecule has 222 valence electrons. The first-order valence-corrected chi connectivity index (χ1v) is 14.5. The fraction of sp³-hybridized carbons (Fsp3) is 0.303. The van der Waals surface area contributed by atoms with Crippen LogP contribution < -0.4 is 15.6 Å². The van der Waals surface area contributed by atoms with Gasteiger partial charge >= 0.3 is 0 Å². The molecule has 1 amide bonds. The van der Waals surface area contributed by atoms with Crippen LogP contribution in [0.25, 0.3) is 22.2 Å². The Labute approximate surface area is 249 Å². The van der Waals surface area contributed by atoms with Crippen molar-refractivity contribution in [2.45, 2.75) is 39.5 Å². The molecule has 5 aromatic rings. The quantitative estimate of drug-likeness (QED) is 0.230. The summed E-state index contributed by atoms with van der Waals surface area (Å²) in [6.45, 7) is 10.0. The molecule has 4 heterocycles. The van der Waals surface area contributed by atoms with Crippen molar-refractivity contribution in [2.24, 2.45) is 0 Å². The molecule has 2 aromatic carbocycles. The van der Waals surface area contributed by atoms with Crippen LogP contribution in [0.3, 0.4) is 0 Å². The predicted octanol–water partition coefficient (Wildman–Crippen LogP) is 4.82. The molecule has 6 rings (SSSR count). The Hall–Kier alpha value is -4.67. The zero-order valence-electron chi connectivity index (χ0n) is 24.6. The van der Waals surface area contributed by atoms with Crippen LogP contribution in [0.1, 0.15) is 35.3 Å². The van der Waals surface area contributed by atoms with E-state index in [0.29, 0.717) is 35.7 Å². The first-order valence-electron chi connectivity index (χ1n) is 14.5. The van der Waals surface area contributed by atoms with Gasteiger partial charge in [0.2, 0.25) is 0 Å². The van der Waals surface area contributed by atoms with Gasteiger partial charge in [-0.05, 0) is 56.7 Å². The van der Waals surface area contributed by atoms with E-state index in [0.717, 1.165) is 41.9 Å². The number of aromatic nitrogens is 4. The largest absolute Gasteiger partial charge is 0.492 e. The lowest BCUT2D eigenvalue weighted by Gasteiger charge is -2.35. The molecule has 1 saturated heterocycles. The zero-order valence-corrected chi connectivity index (χ0v) is 24.6. The van der Waals surface area contributed by atoms with Crippen molar-refractivity contribution >= 4 is 22.5 Å². The molecule has 2 unspecified atom stereocenters. The van der Waals surface area contributed by atoms with E-state index in [1.54, 1.807) is 16.9 Å². The van der Waals surface area contributed by atoms with Gasteiger partial charge in [0.05, 0.1) is 47.5 Å². The number of aryl methyl sites for hydroxylation is 1. The molecule has 1 fully saturated rings. The molecule has 0 radical (unpaired) electrons. The summed E-state index contributed by atoms with van der Waals surface area (Å²) in [5, 5.41) is 8.13. The third-order valence-corrected chi connectivity index (χ3v) is 7.58. The number of H-pyrrole nitrogens is 2. The number of morpholine rings is 1. The number of nitrogens with one attached hydrogen (secondary N) is 3. The highest BCUT2D eigenvalue weighted by atomic mass is 16.5. The summed E-state index contributed by atoms with van der Waals surface area (Å²) in [4.78, 5) is 34.2. The van der Waals surface area contributed by atoms with E-state index in [1.807, 2.05) is 43.3 Å². The molecule has 1 aliphatic rings. The van der Waals surface area contributed by atoms with Gasteiger partial charge in [-0.2, -0.15) is 5.10 Å². The molecule has 43 heavy (non-hydrogen) atoms. The number of amides is 1. The highest BCUT2D eigenvalue weighted by Crippen LogP contribution is 2.27. The molecular formula is C33H36N6O4. The Kier molecular flexibility index (Phi) is 8.13. The highest BCUT2D eigenvalue weighted by molar-refractivity contribution is 6.04. The number of carbonyl (C=O) groups excluding carboxylic acids is 1. The summed E-state index contributed by atoms with van der Waals surface area (Å²) in [6.07, 6.45) is 5.19. The maximum Gasteiger partial charge on any atom is 0.258 e. The van der Waals surface area contributed by atoms with E-state index in [2.05, 4.69) is 51.3 Å². The standard InChI is InChI=1S/C33H36N6O4/c1-21-4-6-24(7-5-21)19-39-20-26(15-35-39)32(40)36-27-14-29(33(41)34-16-27)31-13-25-12-28(8-9-30(25)37-31)42-11-10-38-17-22(2)43-23(3)18-38/h4-9,12-16,20,22-23,37H,10-11,17-19H2,1-3H3,(H,34,41)(H,36,40). The Morgan fingerprint density at radius 1 is 1.09 bits per heavy atom. The monoisotopic (exact) mass is 580 g/mol. The average molecular weight is 581 g/mol. The van der Waals surface area contributed by atoms with Crippen LogP contribution in [0.5, 0.6) is 5.75 Å². The van der Waals surface area contributed by atoms with Gasteiger partial charge in [0.1, 0.15) is 12.4 Å². The van der Waals surface area contributed by atoms with Crippen molar-refractivity contribution in [3.8, 4) is 17.0 Å². The topological polar surface area (TPSA) is 117 Å². The SMILES string of the molecule is Cc1ccc(Cn2cc(C(=O)Nc3c[nH]c(=O)c(-c4cc5cc(OCCN6CC(C)OC(C)C6)ccc5[nH]4)c3)cn2)cc1. The van der Waals surface area contributed by atoms with Gasteiger partial charge in [-0.3, -0.25) is 19.2 Å². The molecule has 0 spiro atoms. The number of ether oxygens (including phenoxy) is 2. The van der Waals surface area contributed by atoms with Crippen molar-refractivity contribution in [1.29, 1.82) is 0 Å². The number of anilines is 1. The van der Waals surface area contributed by atoms with Gasteiger partial charge in [-0.15, -0.1) is 0 Å². The van der Waals surface area contributed by atoms with Crippen molar-refractivity contribution in [3.05, 3.63) is 100 Å². The molecule has 1 aliphatic heterocycles. The van der Waals surface area contributed by atoms with Crippen LogP contribution in [0, 0.1) is 6.92 Å². The number of nitrogens with zero attached hydrogens (tertiary/aromatic N) is 3. The summed E-state index contributed by atoms with van der Waals surface area (Å²) >= 11 is 0. The van der Waals surface area contributed by atoms with Crippen LogP contribution in [0.2, 0.25) is 0 Å². The van der Waals surface area contributed by atoms with Gasteiger partial charge in [0, 0.05) is 42.9 Å². The molecule has 10 heteroatoms. The number of pyridine rings is 1. The van der Waals surface area contributed by atoms with Crippen LogP contribution in [-0.4, -0.2) is 69.0 Å². The number of carbonyl (C=O) groups is 1. The van der Waals surface area contributed by atoms with Gasteiger partial charge in [-0.1, -0.05) is 29.8 Å². The van der Waals surface area contributed by atoms with Crippen LogP contribution in [0.4, 0.5) is 5.69 Å². The van der Waals surface area contributed by atoms with E-state index in [1.165, 1.54) is 18.0 Å². The van der Waals surface area contributed by atoms with Crippen molar-refractivity contribution in [2.75, 3.05) is 31.6 Å². The Balaban J connectivity index is 1.11.